The SMILES string of the molecule is Cc1ccc(Br)cc1S(=O)(=O)N1CCCN(c2ccc(C(F)(F)F)cn2)CC1. The van der Waals surface area contributed by atoms with Gasteiger partial charge in [-0.25, -0.2) is 13.4 Å². The van der Waals surface area contributed by atoms with Crippen LogP contribution in [0.3, 0.4) is 0 Å². The van der Waals surface area contributed by atoms with Crippen LogP contribution in [0, 0.1) is 6.92 Å². The van der Waals surface area contributed by atoms with Gasteiger partial charge in [-0.2, -0.15) is 17.5 Å². The Kier molecular flexibility index (Phi) is 6.02. The molecular weight excluding hydrogens is 459 g/mol. The van der Waals surface area contributed by atoms with Crippen molar-refractivity contribution in [3.05, 3.63) is 52.1 Å². The van der Waals surface area contributed by atoms with Crippen LogP contribution >= 0.6 is 15.9 Å². The summed E-state index contributed by atoms with van der Waals surface area (Å²) in [4.78, 5) is 5.98. The van der Waals surface area contributed by atoms with Gasteiger partial charge in [0.25, 0.3) is 0 Å². The summed E-state index contributed by atoms with van der Waals surface area (Å²) in [7, 11) is -3.66. The van der Waals surface area contributed by atoms with Crippen LogP contribution in [0.4, 0.5) is 19.0 Å². The number of hydrogen-bond acceptors (Lipinski definition) is 4. The minimum atomic E-state index is -4.43. The molecule has 0 radical (unpaired) electrons. The van der Waals surface area contributed by atoms with E-state index in [1.54, 1.807) is 25.1 Å². The Morgan fingerprint density at radius 2 is 1.82 bits per heavy atom. The zero-order chi connectivity index (χ0) is 20.5. The molecule has 2 aromatic rings. The van der Waals surface area contributed by atoms with Gasteiger partial charge in [-0.15, -0.1) is 0 Å². The summed E-state index contributed by atoms with van der Waals surface area (Å²) in [5.41, 5.74) is -0.144. The van der Waals surface area contributed by atoms with Crippen molar-refractivity contribution in [1.29, 1.82) is 0 Å². The molecule has 1 aliphatic rings. The Labute approximate surface area is 170 Å². The van der Waals surface area contributed by atoms with Gasteiger partial charge in [-0.05, 0) is 43.2 Å². The van der Waals surface area contributed by atoms with Gasteiger partial charge < -0.3 is 4.90 Å². The molecule has 1 aliphatic heterocycles. The first-order chi connectivity index (χ1) is 13.1. The molecule has 0 spiro atoms. The predicted molar refractivity (Wildman–Crippen MR) is 104 cm³/mol. The number of benzene rings is 1. The molecule has 0 amide bonds. The van der Waals surface area contributed by atoms with Crippen LogP contribution in [0.2, 0.25) is 0 Å². The maximum Gasteiger partial charge on any atom is 0.417 e. The topological polar surface area (TPSA) is 53.5 Å². The maximum atomic E-state index is 13.1. The van der Waals surface area contributed by atoms with Crippen LogP contribution in [0.5, 0.6) is 0 Å². The zero-order valence-corrected chi connectivity index (χ0v) is 17.5. The Morgan fingerprint density at radius 1 is 1.07 bits per heavy atom. The molecule has 0 N–H and O–H groups in total. The van der Waals surface area contributed by atoms with Gasteiger partial charge in [0.05, 0.1) is 10.5 Å². The molecule has 28 heavy (non-hydrogen) atoms. The smallest absolute Gasteiger partial charge is 0.355 e. The molecule has 0 saturated carbocycles. The van der Waals surface area contributed by atoms with E-state index in [2.05, 4.69) is 20.9 Å². The first-order valence-corrected chi connectivity index (χ1v) is 10.9. The van der Waals surface area contributed by atoms with Crippen molar-refractivity contribution in [2.45, 2.75) is 24.4 Å². The third kappa shape index (κ3) is 4.49. The highest BCUT2D eigenvalue weighted by atomic mass is 79.9. The summed E-state index contributed by atoms with van der Waals surface area (Å²) in [6, 6.07) is 7.44. The molecule has 1 aromatic carbocycles. The van der Waals surface area contributed by atoms with Crippen LogP contribution in [-0.2, 0) is 16.2 Å². The maximum absolute atomic E-state index is 13.1. The van der Waals surface area contributed by atoms with Gasteiger partial charge in [-0.3, -0.25) is 0 Å². The number of aromatic nitrogens is 1. The highest BCUT2D eigenvalue weighted by Gasteiger charge is 2.32. The second kappa shape index (κ2) is 8.00. The second-order valence-electron chi connectivity index (χ2n) is 6.56. The average Bonchev–Trinajstić information content (AvgIpc) is 2.90. The average molecular weight is 478 g/mol. The standard InChI is InChI=1S/C18H19BrF3N3O2S/c1-13-3-5-15(19)11-16(13)28(26,27)25-8-2-7-24(9-10-25)17-6-4-14(12-23-17)18(20,21)22/h3-6,11-12H,2,7-10H2,1H3. The lowest BCUT2D eigenvalue weighted by Crippen LogP contribution is -2.35. The van der Waals surface area contributed by atoms with Crippen molar-refractivity contribution in [1.82, 2.24) is 9.29 Å². The first-order valence-electron chi connectivity index (χ1n) is 8.63. The van der Waals surface area contributed by atoms with Crippen molar-refractivity contribution in [3.63, 3.8) is 0 Å². The molecule has 3 rings (SSSR count). The number of nitrogens with zero attached hydrogens (tertiary/aromatic N) is 3. The van der Waals surface area contributed by atoms with E-state index in [0.717, 1.165) is 12.3 Å². The number of hydrogen-bond donors (Lipinski definition) is 0. The molecule has 10 heteroatoms. The Hall–Kier alpha value is -1.65. The Morgan fingerprint density at radius 3 is 2.46 bits per heavy atom. The summed E-state index contributed by atoms with van der Waals surface area (Å²) in [5.74, 6) is 0.408. The molecule has 1 aromatic heterocycles. The van der Waals surface area contributed by atoms with Crippen LogP contribution < -0.4 is 4.90 Å². The van der Waals surface area contributed by atoms with E-state index in [0.29, 0.717) is 41.9 Å². The summed E-state index contributed by atoms with van der Waals surface area (Å²) >= 11 is 3.31. The molecular formula is C18H19BrF3N3O2S. The molecule has 0 aliphatic carbocycles. The fourth-order valence-corrected chi connectivity index (χ4v) is 5.33. The Bertz CT molecular complexity index is 950. The fraction of sp³-hybridized carbons (Fsp3) is 0.389. The van der Waals surface area contributed by atoms with Crippen molar-refractivity contribution in [3.8, 4) is 0 Å². The van der Waals surface area contributed by atoms with E-state index < -0.39 is 21.8 Å². The van der Waals surface area contributed by atoms with Crippen molar-refractivity contribution in [2.24, 2.45) is 0 Å². The van der Waals surface area contributed by atoms with Crippen LogP contribution in [0.15, 0.2) is 45.9 Å². The van der Waals surface area contributed by atoms with E-state index in [9.17, 15) is 21.6 Å². The van der Waals surface area contributed by atoms with Gasteiger partial charge in [-0.1, -0.05) is 22.0 Å². The molecule has 0 unspecified atom stereocenters. The van der Waals surface area contributed by atoms with Crippen molar-refractivity contribution >= 4 is 31.8 Å². The number of sulfonamides is 1. The lowest BCUT2D eigenvalue weighted by Gasteiger charge is -2.23. The summed E-state index contributed by atoms with van der Waals surface area (Å²) < 4.78 is 66.3. The predicted octanol–water partition coefficient (Wildman–Crippen LogP) is 4.07. The molecule has 0 bridgehead atoms. The number of rotatable bonds is 3. The largest absolute Gasteiger partial charge is 0.417 e. The van der Waals surface area contributed by atoms with Crippen molar-refractivity contribution in [2.75, 3.05) is 31.1 Å². The van der Waals surface area contributed by atoms with Gasteiger partial charge in [0.1, 0.15) is 5.82 Å². The molecule has 0 atom stereocenters. The van der Waals surface area contributed by atoms with Gasteiger partial charge in [0, 0.05) is 36.8 Å². The molecule has 1 fully saturated rings. The quantitative estimate of drug-likeness (QED) is 0.668. The van der Waals surface area contributed by atoms with Crippen LogP contribution in [0.1, 0.15) is 17.5 Å². The number of aryl methyl sites for hydroxylation is 1. The highest BCUT2D eigenvalue weighted by Crippen LogP contribution is 2.30. The van der Waals surface area contributed by atoms with Gasteiger partial charge >= 0.3 is 6.18 Å². The third-order valence-electron chi connectivity index (χ3n) is 4.62. The first kappa shape index (κ1) is 21.1. The molecule has 5 nitrogen and oxygen atoms in total. The fourth-order valence-electron chi connectivity index (χ4n) is 3.09. The van der Waals surface area contributed by atoms with Crippen molar-refractivity contribution < 1.29 is 21.6 Å². The van der Waals surface area contributed by atoms with E-state index in [-0.39, 0.29) is 11.4 Å². The minimum Gasteiger partial charge on any atom is -0.355 e. The molecule has 1 saturated heterocycles. The van der Waals surface area contributed by atoms with E-state index in [1.807, 2.05) is 4.90 Å². The van der Waals surface area contributed by atoms with E-state index in [4.69, 9.17) is 0 Å². The summed E-state index contributed by atoms with van der Waals surface area (Å²) in [6.07, 6.45) is -3.08. The summed E-state index contributed by atoms with van der Waals surface area (Å²) in [6.45, 7) is 3.18. The monoisotopic (exact) mass is 477 g/mol. The van der Waals surface area contributed by atoms with Gasteiger partial charge in [0.2, 0.25) is 10.0 Å². The number of anilines is 1. The van der Waals surface area contributed by atoms with E-state index >= 15 is 0 Å². The zero-order valence-electron chi connectivity index (χ0n) is 15.1. The second-order valence-corrected chi connectivity index (χ2v) is 9.38. The Balaban J connectivity index is 1.77. The summed E-state index contributed by atoms with van der Waals surface area (Å²) in [5, 5.41) is 0. The number of halogens is 4. The lowest BCUT2D eigenvalue weighted by molar-refractivity contribution is -0.137. The number of alkyl halides is 3. The normalized spacial score (nSPS) is 16.8. The number of pyridine rings is 1. The minimum absolute atomic E-state index is 0.233. The molecule has 152 valence electrons. The van der Waals surface area contributed by atoms with E-state index in [1.165, 1.54) is 10.4 Å². The van der Waals surface area contributed by atoms with Crippen LogP contribution in [-0.4, -0.2) is 43.9 Å². The lowest BCUT2D eigenvalue weighted by atomic mass is 10.2. The highest BCUT2D eigenvalue weighted by molar-refractivity contribution is 9.10. The molecule has 2 heterocycles. The third-order valence-corrected chi connectivity index (χ3v) is 7.16. The van der Waals surface area contributed by atoms with Gasteiger partial charge in [0.15, 0.2) is 0 Å². The van der Waals surface area contributed by atoms with Crippen LogP contribution in [0.25, 0.3) is 0 Å².